The molecule has 0 saturated carbocycles. The van der Waals surface area contributed by atoms with Crippen molar-refractivity contribution >= 4 is 56.3 Å². The van der Waals surface area contributed by atoms with E-state index in [0.29, 0.717) is 34.1 Å². The third-order valence-corrected chi connectivity index (χ3v) is 7.72. The molecule has 2 N–H and O–H groups in total. The first-order chi connectivity index (χ1) is 17.6. The van der Waals surface area contributed by atoms with Crippen LogP contribution in [0, 0.1) is 0 Å². The number of benzene rings is 1. The Morgan fingerprint density at radius 2 is 1.97 bits per heavy atom. The molecule has 0 aliphatic carbocycles. The molecule has 2 atom stereocenters. The predicted octanol–water partition coefficient (Wildman–Crippen LogP) is 3.57. The van der Waals surface area contributed by atoms with Crippen LogP contribution in [0.25, 0.3) is 5.65 Å². The number of carbonyl (C=O) groups is 1. The number of carbonyl (C=O) groups excluding carboxylic acids is 1. The highest BCUT2D eigenvalue weighted by Gasteiger charge is 2.33. The number of hydrogen-bond donors (Lipinski definition) is 2. The Hall–Kier alpha value is -2.60. The van der Waals surface area contributed by atoms with Crippen LogP contribution < -0.4 is 14.9 Å². The molecule has 2 aromatic heterocycles. The summed E-state index contributed by atoms with van der Waals surface area (Å²) in [6.45, 7) is 5.12. The second-order valence-corrected chi connectivity index (χ2v) is 12.2. The minimum absolute atomic E-state index is 0.194. The SMILES string of the molecule is CC1CN(c2cc(Cl)nc3cc(C4CCCCN4C(=O)c4cc(Cl)ccc4NS(C)(=O)=O)nn23)CCN1. The fourth-order valence-electron chi connectivity index (χ4n) is 5.09. The fraction of sp³-hybridized carbons (Fsp3) is 0.458. The van der Waals surface area contributed by atoms with Crippen molar-refractivity contribution in [1.82, 2.24) is 24.8 Å². The van der Waals surface area contributed by atoms with Gasteiger partial charge in [-0.1, -0.05) is 23.2 Å². The highest BCUT2D eigenvalue weighted by Crippen LogP contribution is 2.35. The number of aromatic nitrogens is 3. The zero-order valence-corrected chi connectivity index (χ0v) is 22.9. The van der Waals surface area contributed by atoms with Crippen molar-refractivity contribution < 1.29 is 13.2 Å². The standard InChI is InChI=1S/C24H29Cl2N7O3S/c1-15-14-31(10-8-27-15)23-13-21(26)28-22-12-19(29-33(22)23)20-5-3-4-9-32(20)24(34)17-11-16(25)6-7-18(17)30-37(2,35)36/h6-7,11-13,15,20,27,30H,3-5,8-10,14H2,1-2H3. The van der Waals surface area contributed by atoms with Gasteiger partial charge < -0.3 is 15.1 Å². The van der Waals surface area contributed by atoms with Gasteiger partial charge in [0.25, 0.3) is 5.91 Å². The highest BCUT2D eigenvalue weighted by atomic mass is 35.5. The van der Waals surface area contributed by atoms with E-state index in [4.69, 9.17) is 28.3 Å². The number of likely N-dealkylation sites (tertiary alicyclic amines) is 1. The van der Waals surface area contributed by atoms with Gasteiger partial charge in [-0.05, 0) is 44.4 Å². The van der Waals surface area contributed by atoms with Crippen LogP contribution in [0.15, 0.2) is 30.3 Å². The molecule has 13 heteroatoms. The smallest absolute Gasteiger partial charge is 0.256 e. The van der Waals surface area contributed by atoms with Gasteiger partial charge in [-0.15, -0.1) is 0 Å². The zero-order valence-electron chi connectivity index (χ0n) is 20.6. The first kappa shape index (κ1) is 26.0. The molecule has 1 amide bonds. The first-order valence-corrected chi connectivity index (χ1v) is 14.9. The van der Waals surface area contributed by atoms with E-state index in [9.17, 15) is 13.2 Å². The molecule has 1 aromatic carbocycles. The van der Waals surface area contributed by atoms with Crippen molar-refractivity contribution in [2.24, 2.45) is 0 Å². The van der Waals surface area contributed by atoms with Crippen LogP contribution in [0.2, 0.25) is 10.2 Å². The molecular formula is C24H29Cl2N7O3S. The summed E-state index contributed by atoms with van der Waals surface area (Å²) in [6, 6.07) is 8.28. The summed E-state index contributed by atoms with van der Waals surface area (Å²) in [4.78, 5) is 22.3. The lowest BCUT2D eigenvalue weighted by Gasteiger charge is -2.35. The number of piperazine rings is 1. The maximum atomic E-state index is 13.8. The Bertz CT molecular complexity index is 1450. The van der Waals surface area contributed by atoms with Crippen molar-refractivity contribution in [2.45, 2.75) is 38.3 Å². The maximum absolute atomic E-state index is 13.8. The number of amides is 1. The van der Waals surface area contributed by atoms with Gasteiger partial charge >= 0.3 is 0 Å². The summed E-state index contributed by atoms with van der Waals surface area (Å²) in [6.07, 6.45) is 3.53. The average Bonchev–Trinajstić information content (AvgIpc) is 3.27. The molecule has 0 radical (unpaired) electrons. The second kappa shape index (κ2) is 10.3. The molecule has 4 heterocycles. The van der Waals surface area contributed by atoms with Gasteiger partial charge in [0.2, 0.25) is 10.0 Å². The number of piperidine rings is 1. The summed E-state index contributed by atoms with van der Waals surface area (Å²) >= 11 is 12.6. The van der Waals surface area contributed by atoms with Crippen molar-refractivity contribution in [3.63, 3.8) is 0 Å². The van der Waals surface area contributed by atoms with Gasteiger partial charge in [0.1, 0.15) is 11.0 Å². The lowest BCUT2D eigenvalue weighted by atomic mass is 9.98. The van der Waals surface area contributed by atoms with Gasteiger partial charge in [-0.3, -0.25) is 9.52 Å². The second-order valence-electron chi connectivity index (χ2n) is 9.65. The van der Waals surface area contributed by atoms with Crippen LogP contribution in [-0.2, 0) is 10.0 Å². The predicted molar refractivity (Wildman–Crippen MR) is 145 cm³/mol. The lowest BCUT2D eigenvalue weighted by molar-refractivity contribution is 0.0607. The van der Waals surface area contributed by atoms with Crippen LogP contribution in [0.1, 0.15) is 48.3 Å². The summed E-state index contributed by atoms with van der Waals surface area (Å²) in [5.74, 6) is 0.551. The van der Waals surface area contributed by atoms with E-state index in [1.807, 2.05) is 12.1 Å². The van der Waals surface area contributed by atoms with E-state index in [2.05, 4.69) is 26.8 Å². The Kier molecular flexibility index (Phi) is 7.23. The summed E-state index contributed by atoms with van der Waals surface area (Å²) in [5.41, 5.74) is 1.72. The molecule has 198 valence electrons. The molecule has 2 saturated heterocycles. The molecule has 0 spiro atoms. The van der Waals surface area contributed by atoms with Crippen LogP contribution in [-0.4, -0.2) is 72.3 Å². The van der Waals surface area contributed by atoms with Gasteiger partial charge in [0, 0.05) is 49.4 Å². The average molecular weight is 567 g/mol. The van der Waals surface area contributed by atoms with Crippen molar-refractivity contribution in [3.05, 3.63) is 51.8 Å². The number of nitrogens with one attached hydrogen (secondary N) is 2. The van der Waals surface area contributed by atoms with Crippen molar-refractivity contribution in [1.29, 1.82) is 0 Å². The molecule has 0 bridgehead atoms. The van der Waals surface area contributed by atoms with Gasteiger partial charge in [-0.25, -0.2) is 13.4 Å². The molecule has 2 aliphatic heterocycles. The third kappa shape index (κ3) is 5.64. The van der Waals surface area contributed by atoms with Crippen molar-refractivity contribution in [3.8, 4) is 0 Å². The molecule has 2 unspecified atom stereocenters. The molecule has 5 rings (SSSR count). The normalized spacial score (nSPS) is 20.9. The zero-order chi connectivity index (χ0) is 26.3. The highest BCUT2D eigenvalue weighted by molar-refractivity contribution is 7.92. The van der Waals surface area contributed by atoms with E-state index >= 15 is 0 Å². The Morgan fingerprint density at radius 3 is 2.73 bits per heavy atom. The Labute approximate surface area is 226 Å². The number of hydrogen-bond acceptors (Lipinski definition) is 7. The molecule has 10 nitrogen and oxygen atoms in total. The first-order valence-electron chi connectivity index (χ1n) is 12.2. The number of halogens is 2. The largest absolute Gasteiger partial charge is 0.354 e. The number of nitrogens with zero attached hydrogens (tertiary/aromatic N) is 5. The lowest BCUT2D eigenvalue weighted by Crippen LogP contribution is -2.49. The van der Waals surface area contributed by atoms with E-state index in [1.54, 1.807) is 15.5 Å². The van der Waals surface area contributed by atoms with E-state index in [0.717, 1.165) is 51.0 Å². The van der Waals surface area contributed by atoms with Gasteiger partial charge in [-0.2, -0.15) is 9.61 Å². The van der Waals surface area contributed by atoms with Crippen LogP contribution in [0.5, 0.6) is 0 Å². The van der Waals surface area contributed by atoms with Gasteiger partial charge in [0.05, 0.1) is 29.2 Å². The number of anilines is 2. The Balaban J connectivity index is 1.52. The van der Waals surface area contributed by atoms with E-state index < -0.39 is 10.0 Å². The molecule has 37 heavy (non-hydrogen) atoms. The number of rotatable bonds is 5. The third-order valence-electron chi connectivity index (χ3n) is 6.70. The molecule has 2 aliphatic rings. The molecule has 2 fully saturated rings. The van der Waals surface area contributed by atoms with Crippen LogP contribution in [0.4, 0.5) is 11.5 Å². The van der Waals surface area contributed by atoms with Crippen LogP contribution >= 0.6 is 23.2 Å². The minimum atomic E-state index is -3.59. The topological polar surface area (TPSA) is 112 Å². The summed E-state index contributed by atoms with van der Waals surface area (Å²) in [7, 11) is -3.59. The summed E-state index contributed by atoms with van der Waals surface area (Å²) in [5, 5.41) is 9.07. The minimum Gasteiger partial charge on any atom is -0.354 e. The van der Waals surface area contributed by atoms with Crippen molar-refractivity contribution in [2.75, 3.05) is 42.1 Å². The van der Waals surface area contributed by atoms with Crippen LogP contribution in [0.3, 0.4) is 0 Å². The van der Waals surface area contributed by atoms with Gasteiger partial charge in [0.15, 0.2) is 5.65 Å². The molecule has 3 aromatic rings. The number of sulfonamides is 1. The number of fused-ring (bicyclic) bond motifs is 1. The molecular weight excluding hydrogens is 537 g/mol. The summed E-state index contributed by atoms with van der Waals surface area (Å²) < 4.78 is 28.1. The Morgan fingerprint density at radius 1 is 1.16 bits per heavy atom. The maximum Gasteiger partial charge on any atom is 0.256 e. The van der Waals surface area contributed by atoms with E-state index in [-0.39, 0.29) is 23.2 Å². The fourth-order valence-corrected chi connectivity index (χ4v) is 6.03. The monoisotopic (exact) mass is 565 g/mol. The quantitative estimate of drug-likeness (QED) is 0.454. The van der Waals surface area contributed by atoms with E-state index in [1.165, 1.54) is 12.1 Å².